The first-order valence-corrected chi connectivity index (χ1v) is 10.8. The maximum absolute atomic E-state index is 12.4. The summed E-state index contributed by atoms with van der Waals surface area (Å²) in [5, 5.41) is 3.50. The van der Waals surface area contributed by atoms with Gasteiger partial charge in [-0.3, -0.25) is 4.79 Å². The highest BCUT2D eigenvalue weighted by molar-refractivity contribution is 8.18. The molecule has 2 aromatic rings. The van der Waals surface area contributed by atoms with E-state index in [0.717, 1.165) is 17.7 Å². The molecule has 0 spiro atoms. The lowest BCUT2D eigenvalue weighted by atomic mass is 9.80. The van der Waals surface area contributed by atoms with E-state index in [2.05, 4.69) is 61.2 Å². The Balaban J connectivity index is 1.59. The Morgan fingerprint density at radius 3 is 2.66 bits per heavy atom. The van der Waals surface area contributed by atoms with E-state index in [0.29, 0.717) is 16.0 Å². The topological polar surface area (TPSA) is 44.7 Å². The summed E-state index contributed by atoms with van der Waals surface area (Å²) in [6, 6.07) is 14.5. The van der Waals surface area contributed by atoms with Crippen LogP contribution >= 0.6 is 11.8 Å². The van der Waals surface area contributed by atoms with E-state index < -0.39 is 0 Å². The zero-order valence-electron chi connectivity index (χ0n) is 17.6. The van der Waals surface area contributed by atoms with Crippen molar-refractivity contribution in [3.63, 3.8) is 0 Å². The number of nitrogens with one attached hydrogen (secondary N) is 1. The number of anilines is 1. The minimum atomic E-state index is -0.0927. The fourth-order valence-electron chi connectivity index (χ4n) is 4.05. The molecule has 0 saturated carbocycles. The van der Waals surface area contributed by atoms with Crippen LogP contribution in [0.3, 0.4) is 0 Å². The first kappa shape index (κ1) is 19.8. The van der Waals surface area contributed by atoms with Gasteiger partial charge in [-0.2, -0.15) is 0 Å². The lowest BCUT2D eigenvalue weighted by Gasteiger charge is -2.45. The second kappa shape index (κ2) is 7.38. The fraction of sp³-hybridized carbons (Fsp3) is 0.333. The van der Waals surface area contributed by atoms with Crippen molar-refractivity contribution in [1.82, 2.24) is 5.32 Å². The van der Waals surface area contributed by atoms with Crippen LogP contribution in [0.15, 0.2) is 52.4 Å². The largest absolute Gasteiger partial charge is 0.369 e. The summed E-state index contributed by atoms with van der Waals surface area (Å²) in [4.78, 5) is 20.0. The molecule has 2 aromatic carbocycles. The Kier molecular flexibility index (Phi) is 5.03. The van der Waals surface area contributed by atoms with Gasteiger partial charge >= 0.3 is 0 Å². The SMILES string of the molecule is Cc1ccc(N=C2NC(=O)/C(=C/c3ccc4c(c3)[C@H](C)CC(C)(C)N4C)S2)cc1. The summed E-state index contributed by atoms with van der Waals surface area (Å²) in [7, 11) is 2.16. The monoisotopic (exact) mass is 405 g/mol. The number of aliphatic imine (C=N–C) groups is 1. The Morgan fingerprint density at radius 2 is 1.93 bits per heavy atom. The summed E-state index contributed by atoms with van der Waals surface area (Å²) in [6.07, 6.45) is 3.07. The van der Waals surface area contributed by atoms with E-state index in [9.17, 15) is 4.79 Å². The predicted molar refractivity (Wildman–Crippen MR) is 124 cm³/mol. The molecule has 2 aliphatic rings. The molecule has 1 saturated heterocycles. The van der Waals surface area contributed by atoms with Gasteiger partial charge < -0.3 is 10.2 Å². The predicted octanol–water partition coefficient (Wildman–Crippen LogP) is 5.61. The Bertz CT molecular complexity index is 1020. The van der Waals surface area contributed by atoms with E-state index >= 15 is 0 Å². The van der Waals surface area contributed by atoms with Gasteiger partial charge in [0.2, 0.25) is 0 Å². The standard InChI is InChI=1S/C24H27N3OS/c1-15-6-9-18(10-7-15)25-23-26-22(28)21(29-23)13-17-8-11-20-19(12-17)16(2)14-24(3,4)27(20)5/h6-13,16H,14H2,1-5H3,(H,25,26,28)/b21-13-/t16-/m1/s1. The van der Waals surface area contributed by atoms with Crippen LogP contribution in [0.4, 0.5) is 11.4 Å². The maximum Gasteiger partial charge on any atom is 0.264 e. The second-order valence-electron chi connectivity index (χ2n) is 8.61. The first-order valence-electron chi connectivity index (χ1n) is 9.97. The van der Waals surface area contributed by atoms with Crippen molar-refractivity contribution < 1.29 is 4.79 Å². The molecule has 0 aromatic heterocycles. The summed E-state index contributed by atoms with van der Waals surface area (Å²) >= 11 is 1.39. The zero-order valence-corrected chi connectivity index (χ0v) is 18.4. The fourth-order valence-corrected chi connectivity index (χ4v) is 4.90. The van der Waals surface area contributed by atoms with Gasteiger partial charge in [0, 0.05) is 18.3 Å². The van der Waals surface area contributed by atoms with Gasteiger partial charge in [0.15, 0.2) is 5.17 Å². The number of thioether (sulfide) groups is 1. The number of benzene rings is 2. The van der Waals surface area contributed by atoms with Gasteiger partial charge in [0.25, 0.3) is 5.91 Å². The van der Waals surface area contributed by atoms with Gasteiger partial charge in [-0.25, -0.2) is 4.99 Å². The number of fused-ring (bicyclic) bond motifs is 1. The molecule has 2 heterocycles. The van der Waals surface area contributed by atoms with Crippen LogP contribution in [0.25, 0.3) is 6.08 Å². The number of hydrogen-bond donors (Lipinski definition) is 1. The van der Waals surface area contributed by atoms with Crippen LogP contribution in [0, 0.1) is 6.92 Å². The summed E-state index contributed by atoms with van der Waals surface area (Å²) in [6.45, 7) is 8.91. The number of rotatable bonds is 2. The van der Waals surface area contributed by atoms with Crippen molar-refractivity contribution in [3.8, 4) is 0 Å². The summed E-state index contributed by atoms with van der Waals surface area (Å²) < 4.78 is 0. The highest BCUT2D eigenvalue weighted by Gasteiger charge is 2.34. The number of amidine groups is 1. The molecule has 0 bridgehead atoms. The lowest BCUT2D eigenvalue weighted by Crippen LogP contribution is -2.45. The maximum atomic E-state index is 12.4. The number of carbonyl (C=O) groups is 1. The minimum Gasteiger partial charge on any atom is -0.369 e. The molecule has 150 valence electrons. The van der Waals surface area contributed by atoms with E-state index in [-0.39, 0.29) is 11.4 Å². The van der Waals surface area contributed by atoms with Crippen molar-refractivity contribution in [1.29, 1.82) is 0 Å². The van der Waals surface area contributed by atoms with E-state index in [4.69, 9.17) is 0 Å². The quantitative estimate of drug-likeness (QED) is 0.661. The zero-order chi connectivity index (χ0) is 20.8. The highest BCUT2D eigenvalue weighted by Crippen LogP contribution is 2.43. The van der Waals surface area contributed by atoms with E-state index in [1.165, 1.54) is 28.6 Å². The molecular weight excluding hydrogens is 378 g/mol. The third-order valence-corrected chi connectivity index (χ3v) is 6.78. The van der Waals surface area contributed by atoms with Crippen molar-refractivity contribution in [2.45, 2.75) is 45.6 Å². The van der Waals surface area contributed by atoms with Crippen LogP contribution in [-0.4, -0.2) is 23.7 Å². The van der Waals surface area contributed by atoms with Gasteiger partial charge in [-0.15, -0.1) is 0 Å². The van der Waals surface area contributed by atoms with Crippen molar-refractivity contribution in [3.05, 3.63) is 64.1 Å². The average molecular weight is 406 g/mol. The summed E-state index contributed by atoms with van der Waals surface area (Å²) in [5.41, 5.74) is 5.85. The molecule has 0 radical (unpaired) electrons. The molecule has 29 heavy (non-hydrogen) atoms. The van der Waals surface area contributed by atoms with Gasteiger partial charge in [-0.05, 0) is 86.3 Å². The summed E-state index contributed by atoms with van der Waals surface area (Å²) in [5.74, 6) is 0.392. The molecule has 1 N–H and O–H groups in total. The molecule has 2 aliphatic heterocycles. The highest BCUT2D eigenvalue weighted by atomic mass is 32.2. The van der Waals surface area contributed by atoms with E-state index in [1.807, 2.05) is 37.3 Å². The van der Waals surface area contributed by atoms with Crippen molar-refractivity contribution in [2.75, 3.05) is 11.9 Å². The molecule has 1 atom stereocenters. The van der Waals surface area contributed by atoms with Crippen LogP contribution in [-0.2, 0) is 4.79 Å². The number of carbonyl (C=O) groups excluding carboxylic acids is 1. The minimum absolute atomic E-state index is 0.0927. The van der Waals surface area contributed by atoms with Crippen LogP contribution < -0.4 is 10.2 Å². The van der Waals surface area contributed by atoms with Gasteiger partial charge in [-0.1, -0.05) is 30.7 Å². The van der Waals surface area contributed by atoms with E-state index in [1.54, 1.807) is 0 Å². The molecule has 0 unspecified atom stereocenters. The Labute approximate surface area is 177 Å². The Hall–Kier alpha value is -2.53. The smallest absolute Gasteiger partial charge is 0.264 e. The first-order chi connectivity index (χ1) is 13.7. The molecule has 5 heteroatoms. The van der Waals surface area contributed by atoms with Crippen LogP contribution in [0.5, 0.6) is 0 Å². The third kappa shape index (κ3) is 3.97. The number of amides is 1. The molecule has 4 rings (SSSR count). The number of aryl methyl sites for hydroxylation is 1. The normalized spacial score (nSPS) is 23.4. The number of nitrogens with zero attached hydrogens (tertiary/aromatic N) is 2. The molecule has 4 nitrogen and oxygen atoms in total. The third-order valence-electron chi connectivity index (χ3n) is 5.87. The second-order valence-corrected chi connectivity index (χ2v) is 9.64. The molecular formula is C24H27N3OS. The molecule has 1 amide bonds. The Morgan fingerprint density at radius 1 is 1.21 bits per heavy atom. The molecule has 0 aliphatic carbocycles. The van der Waals surface area contributed by atoms with Crippen molar-refractivity contribution in [2.24, 2.45) is 4.99 Å². The lowest BCUT2D eigenvalue weighted by molar-refractivity contribution is -0.115. The van der Waals surface area contributed by atoms with Gasteiger partial charge in [0.05, 0.1) is 10.6 Å². The van der Waals surface area contributed by atoms with Gasteiger partial charge in [0.1, 0.15) is 0 Å². The van der Waals surface area contributed by atoms with Crippen LogP contribution in [0.1, 0.15) is 49.8 Å². The molecule has 1 fully saturated rings. The number of hydrogen-bond acceptors (Lipinski definition) is 4. The average Bonchev–Trinajstić information content (AvgIpc) is 3.00. The van der Waals surface area contributed by atoms with Crippen molar-refractivity contribution >= 4 is 40.3 Å². The van der Waals surface area contributed by atoms with Crippen LogP contribution in [0.2, 0.25) is 0 Å².